The van der Waals surface area contributed by atoms with E-state index in [1.165, 1.54) is 148 Å². The van der Waals surface area contributed by atoms with E-state index in [0.717, 1.165) is 57.8 Å². The Balaban J connectivity index is 4.70. The third-order valence-electron chi connectivity index (χ3n) is 11.6. The number of ether oxygens (including phenoxy) is 1. The van der Waals surface area contributed by atoms with Crippen LogP contribution in [0.5, 0.6) is 0 Å². The summed E-state index contributed by atoms with van der Waals surface area (Å²) in [5.74, 6) is -0.579. The molecule has 6 heteroatoms. The number of nitrogens with one attached hydrogen (secondary N) is 1. The van der Waals surface area contributed by atoms with Crippen LogP contribution in [-0.4, -0.2) is 46.9 Å². The maximum atomic E-state index is 13.2. The summed E-state index contributed by atoms with van der Waals surface area (Å²) in [7, 11) is 0. The number of rotatable bonds is 46. The molecule has 0 heterocycles. The van der Waals surface area contributed by atoms with Crippen LogP contribution < -0.4 is 5.32 Å². The van der Waals surface area contributed by atoms with Gasteiger partial charge in [-0.2, -0.15) is 0 Å². The van der Waals surface area contributed by atoms with Crippen molar-refractivity contribution in [2.75, 3.05) is 6.61 Å². The third kappa shape index (κ3) is 44.0. The number of hydrogen-bond donors (Lipinski definition) is 3. The van der Waals surface area contributed by atoms with E-state index >= 15 is 0 Å². The van der Waals surface area contributed by atoms with Crippen molar-refractivity contribution in [2.45, 2.75) is 270 Å². The summed E-state index contributed by atoms with van der Waals surface area (Å²) >= 11 is 0. The van der Waals surface area contributed by atoms with Crippen LogP contribution in [0.2, 0.25) is 0 Å². The van der Waals surface area contributed by atoms with Gasteiger partial charge in [0.2, 0.25) is 5.91 Å². The molecule has 0 radical (unpaired) electrons. The van der Waals surface area contributed by atoms with E-state index in [2.05, 4.69) is 80.8 Å². The van der Waals surface area contributed by atoms with Crippen LogP contribution in [-0.2, 0) is 14.3 Å². The molecule has 61 heavy (non-hydrogen) atoms. The van der Waals surface area contributed by atoms with Crippen LogP contribution in [0.3, 0.4) is 0 Å². The fourth-order valence-corrected chi connectivity index (χ4v) is 7.58. The first-order chi connectivity index (χ1) is 30.0. The molecule has 6 nitrogen and oxygen atoms in total. The maximum Gasteiger partial charge on any atom is 0.306 e. The lowest BCUT2D eigenvalue weighted by Gasteiger charge is -2.24. The second-order valence-electron chi connectivity index (χ2n) is 17.6. The molecule has 3 atom stereocenters. The van der Waals surface area contributed by atoms with Crippen LogP contribution in [0, 0.1) is 0 Å². The van der Waals surface area contributed by atoms with Gasteiger partial charge in [0.1, 0.15) is 6.10 Å². The Labute approximate surface area is 378 Å². The number of unbranched alkanes of at least 4 members (excludes halogenated alkanes) is 25. The Hall–Kier alpha value is -2.44. The van der Waals surface area contributed by atoms with Crippen LogP contribution >= 0.6 is 0 Å². The van der Waals surface area contributed by atoms with Crippen molar-refractivity contribution >= 4 is 11.9 Å². The lowest BCUT2D eigenvalue weighted by atomic mass is 10.0. The maximum absolute atomic E-state index is 13.2. The summed E-state index contributed by atoms with van der Waals surface area (Å²) in [5.41, 5.74) is 0. The molecule has 0 saturated carbocycles. The molecule has 0 rings (SSSR count). The summed E-state index contributed by atoms with van der Waals surface area (Å²) in [6, 6.07) is -0.731. The van der Waals surface area contributed by atoms with Gasteiger partial charge in [-0.25, -0.2) is 0 Å². The highest BCUT2D eigenvalue weighted by Gasteiger charge is 2.23. The number of aliphatic hydroxyl groups excluding tert-OH is 2. The van der Waals surface area contributed by atoms with Crippen LogP contribution in [0.15, 0.2) is 60.8 Å². The number of amides is 1. The second-order valence-corrected chi connectivity index (χ2v) is 17.6. The van der Waals surface area contributed by atoms with E-state index in [-0.39, 0.29) is 24.9 Å². The van der Waals surface area contributed by atoms with Crippen molar-refractivity contribution in [1.29, 1.82) is 0 Å². The van der Waals surface area contributed by atoms with Gasteiger partial charge in [-0.15, -0.1) is 0 Å². The quantitative estimate of drug-likeness (QED) is 0.0322. The zero-order valence-electron chi connectivity index (χ0n) is 40.3. The molecular formula is C55H99NO5. The van der Waals surface area contributed by atoms with E-state index in [4.69, 9.17) is 4.74 Å². The number of hydrogen-bond acceptors (Lipinski definition) is 5. The van der Waals surface area contributed by atoms with E-state index in [0.29, 0.717) is 19.3 Å². The van der Waals surface area contributed by atoms with E-state index in [9.17, 15) is 19.8 Å². The molecule has 0 aromatic rings. The molecule has 1 amide bonds. The van der Waals surface area contributed by atoms with Gasteiger partial charge < -0.3 is 20.3 Å². The van der Waals surface area contributed by atoms with Crippen LogP contribution in [0.4, 0.5) is 0 Å². The standard InChI is InChI=1S/C55H99NO5/c1-4-7-10-13-16-19-22-24-26-27-29-31-33-36-39-42-45-48-55(60)61-51(46-43-40-37-34-32-30-28-25-23-20-17-14-11-8-5-2)49-54(59)56-52(50-57)53(58)47-44-41-38-35-21-18-15-12-9-6-3/h17,20,24-26,28,32,34,40,43,51-53,57-58H,4-16,18-19,21-23,27,29-31,33,35-39,41-42,44-50H2,1-3H3,(H,56,59)/b20-17-,26-24+,28-25-,34-32-,43-40-. The molecule has 354 valence electrons. The molecule has 0 aliphatic rings. The van der Waals surface area contributed by atoms with Crippen molar-refractivity contribution in [2.24, 2.45) is 0 Å². The Bertz CT molecular complexity index is 1090. The molecule has 3 N–H and O–H groups in total. The predicted molar refractivity (Wildman–Crippen MR) is 264 cm³/mol. The zero-order valence-corrected chi connectivity index (χ0v) is 40.3. The van der Waals surface area contributed by atoms with Crippen molar-refractivity contribution in [3.8, 4) is 0 Å². The van der Waals surface area contributed by atoms with Gasteiger partial charge in [-0.3, -0.25) is 9.59 Å². The largest absolute Gasteiger partial charge is 0.461 e. The Morgan fingerprint density at radius 3 is 1.36 bits per heavy atom. The zero-order chi connectivity index (χ0) is 44.5. The minimum atomic E-state index is -0.811. The molecular weight excluding hydrogens is 755 g/mol. The third-order valence-corrected chi connectivity index (χ3v) is 11.6. The number of carbonyl (C=O) groups excluding carboxylic acids is 2. The number of aliphatic hydroxyl groups is 2. The summed E-state index contributed by atoms with van der Waals surface area (Å²) in [6.45, 7) is 6.41. The first-order valence-corrected chi connectivity index (χ1v) is 26.0. The normalized spacial score (nSPS) is 13.7. The molecule has 0 bridgehead atoms. The van der Waals surface area contributed by atoms with Gasteiger partial charge in [-0.05, 0) is 70.6 Å². The highest BCUT2D eigenvalue weighted by atomic mass is 16.5. The summed E-state index contributed by atoms with van der Waals surface area (Å²) in [5, 5.41) is 23.7. The van der Waals surface area contributed by atoms with Crippen molar-refractivity contribution in [3.63, 3.8) is 0 Å². The summed E-state index contributed by atoms with van der Waals surface area (Å²) in [6.07, 6.45) is 60.1. The monoisotopic (exact) mass is 854 g/mol. The van der Waals surface area contributed by atoms with E-state index in [1.807, 2.05) is 6.08 Å². The highest BCUT2D eigenvalue weighted by Crippen LogP contribution is 2.16. The van der Waals surface area contributed by atoms with Gasteiger partial charge in [0.05, 0.1) is 25.2 Å². The van der Waals surface area contributed by atoms with Crippen molar-refractivity contribution in [1.82, 2.24) is 5.32 Å². The number of allylic oxidation sites excluding steroid dienone is 9. The van der Waals surface area contributed by atoms with E-state index < -0.39 is 18.2 Å². The molecule has 0 fully saturated rings. The molecule has 0 spiro atoms. The smallest absolute Gasteiger partial charge is 0.306 e. The minimum absolute atomic E-state index is 0.000520. The summed E-state index contributed by atoms with van der Waals surface area (Å²) < 4.78 is 5.87. The van der Waals surface area contributed by atoms with Crippen molar-refractivity contribution < 1.29 is 24.5 Å². The predicted octanol–water partition coefficient (Wildman–Crippen LogP) is 15.6. The lowest BCUT2D eigenvalue weighted by Crippen LogP contribution is -2.46. The SMILES string of the molecule is CCCCC/C=C\C/C=C\C/C=C\C/C=C\CC(CC(=O)NC(CO)C(O)CCCCCCCCCCCC)OC(=O)CCCCCCCCC/C=C/CCCCCCCC. The van der Waals surface area contributed by atoms with Gasteiger partial charge in [-0.1, -0.05) is 223 Å². The minimum Gasteiger partial charge on any atom is -0.461 e. The first-order valence-electron chi connectivity index (χ1n) is 26.0. The summed E-state index contributed by atoms with van der Waals surface area (Å²) in [4.78, 5) is 26.1. The molecule has 0 aromatic carbocycles. The topological polar surface area (TPSA) is 95.9 Å². The molecule has 0 aliphatic heterocycles. The fraction of sp³-hybridized carbons (Fsp3) is 0.782. The molecule has 0 saturated heterocycles. The average Bonchev–Trinajstić information content (AvgIpc) is 3.25. The Morgan fingerprint density at radius 2 is 0.869 bits per heavy atom. The lowest BCUT2D eigenvalue weighted by molar-refractivity contribution is -0.150. The van der Waals surface area contributed by atoms with Crippen molar-refractivity contribution in [3.05, 3.63) is 60.8 Å². The average molecular weight is 854 g/mol. The Kier molecular flexibility index (Phi) is 46.6. The second kappa shape index (κ2) is 48.6. The van der Waals surface area contributed by atoms with Gasteiger partial charge in [0.15, 0.2) is 0 Å². The van der Waals surface area contributed by atoms with E-state index in [1.54, 1.807) is 0 Å². The van der Waals surface area contributed by atoms with Crippen LogP contribution in [0.1, 0.15) is 252 Å². The van der Waals surface area contributed by atoms with Gasteiger partial charge in [0.25, 0.3) is 0 Å². The number of carbonyl (C=O) groups is 2. The Morgan fingerprint density at radius 1 is 0.492 bits per heavy atom. The molecule has 0 aliphatic carbocycles. The highest BCUT2D eigenvalue weighted by molar-refractivity contribution is 5.77. The van der Waals surface area contributed by atoms with Gasteiger partial charge >= 0.3 is 5.97 Å². The van der Waals surface area contributed by atoms with Crippen LogP contribution in [0.25, 0.3) is 0 Å². The van der Waals surface area contributed by atoms with Gasteiger partial charge in [0, 0.05) is 12.8 Å². The molecule has 3 unspecified atom stereocenters. The molecule has 0 aromatic heterocycles. The first kappa shape index (κ1) is 58.6. The number of esters is 1. The fourth-order valence-electron chi connectivity index (χ4n) is 7.58.